The molecule has 0 fully saturated rings. The summed E-state index contributed by atoms with van der Waals surface area (Å²) in [7, 11) is 1.80. The van der Waals surface area contributed by atoms with E-state index in [-0.39, 0.29) is 0 Å². The number of H-pyrrole nitrogens is 1. The van der Waals surface area contributed by atoms with E-state index >= 15 is 0 Å². The molecule has 0 aliphatic rings. The van der Waals surface area contributed by atoms with Crippen molar-refractivity contribution in [2.45, 2.75) is 25.9 Å². The van der Waals surface area contributed by atoms with E-state index in [0.29, 0.717) is 13.0 Å². The highest BCUT2D eigenvalue weighted by molar-refractivity contribution is 5.73. The van der Waals surface area contributed by atoms with Crippen molar-refractivity contribution in [3.63, 3.8) is 0 Å². The van der Waals surface area contributed by atoms with Crippen LogP contribution < -0.4 is 0 Å². The molecule has 0 saturated carbocycles. The Labute approximate surface area is 118 Å². The van der Waals surface area contributed by atoms with Gasteiger partial charge in [-0.25, -0.2) is 4.98 Å². The van der Waals surface area contributed by atoms with Gasteiger partial charge >= 0.3 is 5.97 Å². The van der Waals surface area contributed by atoms with E-state index in [9.17, 15) is 4.79 Å². The van der Waals surface area contributed by atoms with Crippen LogP contribution in [-0.2, 0) is 11.3 Å². The third-order valence-electron chi connectivity index (χ3n) is 3.32. The molecule has 106 valence electrons. The predicted octanol–water partition coefficient (Wildman–Crippen LogP) is 2.37. The molecule has 0 saturated heterocycles. The van der Waals surface area contributed by atoms with Crippen molar-refractivity contribution in [2.75, 3.05) is 7.05 Å². The second kappa shape index (κ2) is 6.34. The van der Waals surface area contributed by atoms with Gasteiger partial charge in [-0.05, 0) is 19.0 Å². The van der Waals surface area contributed by atoms with E-state index in [2.05, 4.69) is 9.97 Å². The smallest absolute Gasteiger partial charge is 0.320 e. The minimum atomic E-state index is -0.801. The number of carbonyl (C=O) groups is 1. The van der Waals surface area contributed by atoms with E-state index in [1.54, 1.807) is 18.1 Å². The number of hydrogen-bond donors (Lipinski definition) is 2. The molecule has 2 N–H and O–H groups in total. The Kier molecular flexibility index (Phi) is 4.53. The van der Waals surface area contributed by atoms with Crippen LogP contribution in [0, 0.1) is 0 Å². The van der Waals surface area contributed by atoms with Crippen LogP contribution >= 0.6 is 0 Å². The maximum Gasteiger partial charge on any atom is 0.320 e. The summed E-state index contributed by atoms with van der Waals surface area (Å²) in [5.41, 5.74) is 2.01. The summed E-state index contributed by atoms with van der Waals surface area (Å²) in [4.78, 5) is 20.5. The zero-order valence-corrected chi connectivity index (χ0v) is 11.7. The molecule has 0 bridgehead atoms. The first-order chi connectivity index (χ1) is 9.61. The van der Waals surface area contributed by atoms with Crippen molar-refractivity contribution in [1.82, 2.24) is 14.9 Å². The summed E-state index contributed by atoms with van der Waals surface area (Å²) in [6.45, 7) is 2.35. The fraction of sp³-hybridized carbons (Fsp3) is 0.333. The molecular formula is C15H19N3O2. The number of imidazole rings is 1. The number of likely N-dealkylation sites (N-methyl/N-ethyl adjacent to an activating group) is 1. The summed E-state index contributed by atoms with van der Waals surface area (Å²) < 4.78 is 0. The van der Waals surface area contributed by atoms with Crippen molar-refractivity contribution >= 4 is 5.97 Å². The molecule has 5 nitrogen and oxygen atoms in total. The first kappa shape index (κ1) is 14.3. The topological polar surface area (TPSA) is 69.2 Å². The summed E-state index contributed by atoms with van der Waals surface area (Å²) in [6, 6.07) is 9.44. The van der Waals surface area contributed by atoms with Gasteiger partial charge in [-0.2, -0.15) is 0 Å². The fourth-order valence-corrected chi connectivity index (χ4v) is 2.23. The second-order valence-electron chi connectivity index (χ2n) is 4.79. The lowest BCUT2D eigenvalue weighted by atomic mass is 10.2. The zero-order valence-electron chi connectivity index (χ0n) is 11.7. The van der Waals surface area contributed by atoms with Gasteiger partial charge in [0.25, 0.3) is 0 Å². The summed E-state index contributed by atoms with van der Waals surface area (Å²) in [5.74, 6) is -0.0316. The first-order valence-corrected chi connectivity index (χ1v) is 6.64. The molecule has 2 rings (SSSR count). The third-order valence-corrected chi connectivity index (χ3v) is 3.32. The highest BCUT2D eigenvalue weighted by Crippen LogP contribution is 2.17. The van der Waals surface area contributed by atoms with Crippen LogP contribution in [-0.4, -0.2) is 39.0 Å². The number of aliphatic carboxylic acids is 1. The molecule has 0 amide bonds. The SMILES string of the molecule is CCC(C(=O)O)N(C)Cc1ncc(-c2ccccc2)[nH]1. The number of nitrogens with one attached hydrogen (secondary N) is 1. The lowest BCUT2D eigenvalue weighted by molar-refractivity contribution is -0.143. The molecular weight excluding hydrogens is 254 g/mol. The Bertz CT molecular complexity index is 566. The second-order valence-corrected chi connectivity index (χ2v) is 4.79. The molecule has 2 aromatic rings. The van der Waals surface area contributed by atoms with E-state index in [1.807, 2.05) is 37.3 Å². The first-order valence-electron chi connectivity index (χ1n) is 6.64. The van der Waals surface area contributed by atoms with E-state index in [4.69, 9.17) is 5.11 Å². The minimum absolute atomic E-state index is 0.484. The van der Waals surface area contributed by atoms with Gasteiger partial charge in [0.15, 0.2) is 0 Å². The van der Waals surface area contributed by atoms with Gasteiger partial charge < -0.3 is 10.1 Å². The summed E-state index contributed by atoms with van der Waals surface area (Å²) >= 11 is 0. The summed E-state index contributed by atoms with van der Waals surface area (Å²) in [6.07, 6.45) is 2.35. The maximum absolute atomic E-state index is 11.1. The molecule has 0 spiro atoms. The average molecular weight is 273 g/mol. The molecule has 1 aromatic heterocycles. The largest absolute Gasteiger partial charge is 0.480 e. The van der Waals surface area contributed by atoms with Gasteiger partial charge in [0.05, 0.1) is 18.4 Å². The lowest BCUT2D eigenvalue weighted by Crippen LogP contribution is -2.37. The Morgan fingerprint density at radius 1 is 1.40 bits per heavy atom. The number of aromatic nitrogens is 2. The van der Waals surface area contributed by atoms with Crippen molar-refractivity contribution < 1.29 is 9.90 Å². The monoisotopic (exact) mass is 273 g/mol. The van der Waals surface area contributed by atoms with Crippen molar-refractivity contribution in [1.29, 1.82) is 0 Å². The highest BCUT2D eigenvalue weighted by Gasteiger charge is 2.21. The zero-order chi connectivity index (χ0) is 14.5. The average Bonchev–Trinajstić information content (AvgIpc) is 2.88. The van der Waals surface area contributed by atoms with Crippen LogP contribution in [0.2, 0.25) is 0 Å². The number of carboxylic acids is 1. The van der Waals surface area contributed by atoms with Crippen LogP contribution in [0.25, 0.3) is 11.3 Å². The van der Waals surface area contributed by atoms with E-state index in [0.717, 1.165) is 17.1 Å². The number of carboxylic acid groups (broad SMARTS) is 1. The molecule has 1 atom stereocenters. The van der Waals surface area contributed by atoms with Crippen molar-refractivity contribution in [3.05, 3.63) is 42.4 Å². The van der Waals surface area contributed by atoms with Gasteiger partial charge in [0.1, 0.15) is 11.9 Å². The molecule has 0 aliphatic heterocycles. The van der Waals surface area contributed by atoms with Crippen LogP contribution in [0.1, 0.15) is 19.2 Å². The Balaban J connectivity index is 2.08. The molecule has 5 heteroatoms. The predicted molar refractivity (Wildman–Crippen MR) is 77.2 cm³/mol. The molecule has 1 heterocycles. The standard InChI is InChI=1S/C15H19N3O2/c1-3-13(15(19)20)18(2)10-14-16-9-12(17-14)11-7-5-4-6-8-11/h4-9,13H,3,10H2,1-2H3,(H,16,17)(H,19,20). The number of hydrogen-bond acceptors (Lipinski definition) is 3. The minimum Gasteiger partial charge on any atom is -0.480 e. The van der Waals surface area contributed by atoms with Gasteiger partial charge in [-0.15, -0.1) is 0 Å². The van der Waals surface area contributed by atoms with E-state index in [1.165, 1.54) is 0 Å². The lowest BCUT2D eigenvalue weighted by Gasteiger charge is -2.22. The van der Waals surface area contributed by atoms with Crippen molar-refractivity contribution in [2.24, 2.45) is 0 Å². The normalized spacial score (nSPS) is 12.6. The van der Waals surface area contributed by atoms with Crippen LogP contribution in [0.15, 0.2) is 36.5 Å². The maximum atomic E-state index is 11.1. The van der Waals surface area contributed by atoms with E-state index < -0.39 is 12.0 Å². The Morgan fingerprint density at radius 2 is 2.10 bits per heavy atom. The molecule has 0 aliphatic carbocycles. The number of rotatable bonds is 6. The number of aromatic amines is 1. The van der Waals surface area contributed by atoms with Crippen LogP contribution in [0.5, 0.6) is 0 Å². The van der Waals surface area contributed by atoms with Gasteiger partial charge in [-0.3, -0.25) is 9.69 Å². The van der Waals surface area contributed by atoms with Gasteiger partial charge in [0, 0.05) is 0 Å². The van der Waals surface area contributed by atoms with Crippen molar-refractivity contribution in [3.8, 4) is 11.3 Å². The molecule has 1 aromatic carbocycles. The Hall–Kier alpha value is -2.14. The quantitative estimate of drug-likeness (QED) is 0.847. The molecule has 20 heavy (non-hydrogen) atoms. The third kappa shape index (κ3) is 3.24. The number of benzene rings is 1. The highest BCUT2D eigenvalue weighted by atomic mass is 16.4. The fourth-order valence-electron chi connectivity index (χ4n) is 2.23. The van der Waals surface area contributed by atoms with Crippen LogP contribution in [0.4, 0.5) is 0 Å². The number of nitrogens with zero attached hydrogens (tertiary/aromatic N) is 2. The van der Waals surface area contributed by atoms with Crippen LogP contribution in [0.3, 0.4) is 0 Å². The molecule has 0 radical (unpaired) electrons. The molecule has 1 unspecified atom stereocenters. The summed E-state index contributed by atoms with van der Waals surface area (Å²) in [5, 5.41) is 9.13. The van der Waals surface area contributed by atoms with Gasteiger partial charge in [-0.1, -0.05) is 37.3 Å². The van der Waals surface area contributed by atoms with Gasteiger partial charge in [0.2, 0.25) is 0 Å². The Morgan fingerprint density at radius 3 is 2.70 bits per heavy atom.